The first kappa shape index (κ1) is 19.5. The van der Waals surface area contributed by atoms with E-state index in [-0.39, 0.29) is 11.9 Å². The standard InChI is InChI=1S/C20H28N2O2S/c1-13(2)18(21)10-11-22(4)20(23)19-12-17(14(3)25-19)15-6-8-16(24-5)9-7-15/h6-9,12-13,18H,10-11,21H2,1-5H3. The van der Waals surface area contributed by atoms with Gasteiger partial charge in [-0.25, -0.2) is 0 Å². The Morgan fingerprint density at radius 3 is 2.48 bits per heavy atom. The van der Waals surface area contributed by atoms with Crippen molar-refractivity contribution in [1.29, 1.82) is 0 Å². The molecule has 2 rings (SSSR count). The van der Waals surface area contributed by atoms with Gasteiger partial charge < -0.3 is 15.4 Å². The molecule has 0 aliphatic rings. The minimum Gasteiger partial charge on any atom is -0.497 e. The maximum Gasteiger partial charge on any atom is 0.263 e. The van der Waals surface area contributed by atoms with Crippen LogP contribution in [0.2, 0.25) is 0 Å². The highest BCUT2D eigenvalue weighted by Gasteiger charge is 2.18. The summed E-state index contributed by atoms with van der Waals surface area (Å²) in [6, 6.07) is 10.0. The lowest BCUT2D eigenvalue weighted by Gasteiger charge is -2.21. The monoisotopic (exact) mass is 360 g/mol. The molecule has 0 saturated heterocycles. The van der Waals surface area contributed by atoms with Gasteiger partial charge in [-0.1, -0.05) is 26.0 Å². The predicted octanol–water partition coefficient (Wildman–Crippen LogP) is 4.18. The molecule has 1 atom stereocenters. The summed E-state index contributed by atoms with van der Waals surface area (Å²) < 4.78 is 5.20. The maximum absolute atomic E-state index is 12.7. The second-order valence-electron chi connectivity index (χ2n) is 6.73. The van der Waals surface area contributed by atoms with Gasteiger partial charge in [-0.3, -0.25) is 4.79 Å². The maximum atomic E-state index is 12.7. The van der Waals surface area contributed by atoms with Crippen molar-refractivity contribution in [3.8, 4) is 16.9 Å². The molecule has 0 bridgehead atoms. The zero-order chi connectivity index (χ0) is 18.6. The summed E-state index contributed by atoms with van der Waals surface area (Å²) >= 11 is 1.54. The number of nitrogens with two attached hydrogens (primary N) is 1. The van der Waals surface area contributed by atoms with Gasteiger partial charge in [0.2, 0.25) is 0 Å². The molecule has 1 aromatic carbocycles. The Labute approximate surface area is 154 Å². The van der Waals surface area contributed by atoms with Gasteiger partial charge in [0.1, 0.15) is 5.75 Å². The Balaban J connectivity index is 2.11. The van der Waals surface area contributed by atoms with E-state index in [1.807, 2.05) is 37.4 Å². The topological polar surface area (TPSA) is 55.6 Å². The summed E-state index contributed by atoms with van der Waals surface area (Å²) in [7, 11) is 3.50. The molecule has 4 nitrogen and oxygen atoms in total. The Hall–Kier alpha value is -1.85. The van der Waals surface area contributed by atoms with Crippen molar-refractivity contribution in [3.05, 3.63) is 40.1 Å². The van der Waals surface area contributed by atoms with Crippen LogP contribution in [-0.4, -0.2) is 37.6 Å². The quantitative estimate of drug-likeness (QED) is 0.806. The van der Waals surface area contributed by atoms with E-state index in [0.717, 1.165) is 33.1 Å². The first-order chi connectivity index (χ1) is 11.8. The average Bonchev–Trinajstić information content (AvgIpc) is 3.00. The van der Waals surface area contributed by atoms with Crippen LogP contribution in [0.1, 0.15) is 34.8 Å². The van der Waals surface area contributed by atoms with Gasteiger partial charge in [0.05, 0.1) is 12.0 Å². The fraction of sp³-hybridized carbons (Fsp3) is 0.450. The number of thiophene rings is 1. The van der Waals surface area contributed by atoms with Gasteiger partial charge in [0.15, 0.2) is 0 Å². The van der Waals surface area contributed by atoms with Gasteiger partial charge >= 0.3 is 0 Å². The van der Waals surface area contributed by atoms with Crippen LogP contribution in [0, 0.1) is 12.8 Å². The minimum atomic E-state index is 0.0591. The van der Waals surface area contributed by atoms with Crippen molar-refractivity contribution in [3.63, 3.8) is 0 Å². The number of benzene rings is 1. The molecule has 1 heterocycles. The van der Waals surface area contributed by atoms with Crippen LogP contribution in [0.3, 0.4) is 0 Å². The Bertz CT molecular complexity index is 707. The van der Waals surface area contributed by atoms with E-state index >= 15 is 0 Å². The number of carbonyl (C=O) groups excluding carboxylic acids is 1. The minimum absolute atomic E-state index is 0.0591. The molecular formula is C20H28N2O2S. The van der Waals surface area contributed by atoms with Crippen LogP contribution >= 0.6 is 11.3 Å². The third-order valence-electron chi connectivity index (χ3n) is 4.53. The first-order valence-corrected chi connectivity index (χ1v) is 9.41. The molecule has 1 unspecified atom stereocenters. The summed E-state index contributed by atoms with van der Waals surface area (Å²) in [5, 5.41) is 0. The summed E-state index contributed by atoms with van der Waals surface area (Å²) in [6.07, 6.45) is 0.815. The van der Waals surface area contributed by atoms with Crippen LogP contribution < -0.4 is 10.5 Å². The van der Waals surface area contributed by atoms with Gasteiger partial charge in [0, 0.05) is 24.5 Å². The Kier molecular flexibility index (Phi) is 6.62. The van der Waals surface area contributed by atoms with Crippen molar-refractivity contribution in [2.24, 2.45) is 11.7 Å². The number of rotatable bonds is 7. The van der Waals surface area contributed by atoms with E-state index in [1.165, 1.54) is 0 Å². The van der Waals surface area contributed by atoms with Crippen LogP contribution in [0.15, 0.2) is 30.3 Å². The van der Waals surface area contributed by atoms with Crippen molar-refractivity contribution in [2.45, 2.75) is 33.2 Å². The van der Waals surface area contributed by atoms with Gasteiger partial charge in [0.25, 0.3) is 5.91 Å². The fourth-order valence-corrected chi connectivity index (χ4v) is 3.65. The Morgan fingerprint density at radius 1 is 1.28 bits per heavy atom. The highest BCUT2D eigenvalue weighted by atomic mass is 32.1. The molecule has 0 saturated carbocycles. The molecule has 0 fully saturated rings. The smallest absolute Gasteiger partial charge is 0.263 e. The van der Waals surface area contributed by atoms with Gasteiger partial charge in [-0.15, -0.1) is 11.3 Å². The summed E-state index contributed by atoms with van der Waals surface area (Å²) in [6.45, 7) is 6.94. The molecule has 25 heavy (non-hydrogen) atoms. The molecular weight excluding hydrogens is 332 g/mol. The summed E-state index contributed by atoms with van der Waals surface area (Å²) in [5.41, 5.74) is 8.28. The third-order valence-corrected chi connectivity index (χ3v) is 5.57. The number of methoxy groups -OCH3 is 1. The number of amides is 1. The van der Waals surface area contributed by atoms with E-state index < -0.39 is 0 Å². The molecule has 1 amide bonds. The number of hydrogen-bond donors (Lipinski definition) is 1. The molecule has 0 aliphatic heterocycles. The SMILES string of the molecule is COc1ccc(-c2cc(C(=O)N(C)CCC(N)C(C)C)sc2C)cc1. The zero-order valence-electron chi connectivity index (χ0n) is 15.7. The van der Waals surface area contributed by atoms with E-state index in [9.17, 15) is 4.79 Å². The van der Waals surface area contributed by atoms with Gasteiger partial charge in [-0.05, 0) is 48.6 Å². The Morgan fingerprint density at radius 2 is 1.92 bits per heavy atom. The molecule has 2 aromatic rings. The number of aryl methyl sites for hydroxylation is 1. The van der Waals surface area contributed by atoms with Crippen molar-refractivity contribution in [2.75, 3.05) is 20.7 Å². The first-order valence-electron chi connectivity index (χ1n) is 8.59. The molecule has 136 valence electrons. The van der Waals surface area contributed by atoms with Crippen molar-refractivity contribution in [1.82, 2.24) is 4.90 Å². The van der Waals surface area contributed by atoms with Crippen LogP contribution in [0.5, 0.6) is 5.75 Å². The zero-order valence-corrected chi connectivity index (χ0v) is 16.5. The molecule has 0 spiro atoms. The largest absolute Gasteiger partial charge is 0.497 e. The predicted molar refractivity (Wildman–Crippen MR) is 105 cm³/mol. The summed E-state index contributed by atoms with van der Waals surface area (Å²) in [5.74, 6) is 1.31. The number of hydrogen-bond acceptors (Lipinski definition) is 4. The average molecular weight is 361 g/mol. The molecule has 2 N–H and O–H groups in total. The highest BCUT2D eigenvalue weighted by molar-refractivity contribution is 7.14. The number of nitrogens with zero attached hydrogens (tertiary/aromatic N) is 1. The van der Waals surface area contributed by atoms with Crippen molar-refractivity contribution >= 4 is 17.2 Å². The lowest BCUT2D eigenvalue weighted by Crippen LogP contribution is -2.34. The number of ether oxygens (including phenoxy) is 1. The molecule has 1 aromatic heterocycles. The molecule has 5 heteroatoms. The van der Waals surface area contributed by atoms with Crippen LogP contribution in [0.25, 0.3) is 11.1 Å². The van der Waals surface area contributed by atoms with Crippen LogP contribution in [0.4, 0.5) is 0 Å². The third kappa shape index (κ3) is 4.83. The van der Waals surface area contributed by atoms with E-state index in [0.29, 0.717) is 12.5 Å². The molecule has 0 radical (unpaired) electrons. The van der Waals surface area contributed by atoms with E-state index in [2.05, 4.69) is 20.8 Å². The lowest BCUT2D eigenvalue weighted by molar-refractivity contribution is 0.0794. The summed E-state index contributed by atoms with van der Waals surface area (Å²) in [4.78, 5) is 16.4. The van der Waals surface area contributed by atoms with Crippen LogP contribution in [-0.2, 0) is 0 Å². The fourth-order valence-electron chi connectivity index (χ4n) is 2.61. The second-order valence-corrected chi connectivity index (χ2v) is 7.99. The highest BCUT2D eigenvalue weighted by Crippen LogP contribution is 2.32. The normalized spacial score (nSPS) is 12.3. The lowest BCUT2D eigenvalue weighted by atomic mass is 10.0. The second kappa shape index (κ2) is 8.50. The van der Waals surface area contributed by atoms with Crippen molar-refractivity contribution < 1.29 is 9.53 Å². The number of carbonyl (C=O) groups is 1. The molecule has 0 aliphatic carbocycles. The van der Waals surface area contributed by atoms with E-state index in [1.54, 1.807) is 23.3 Å². The van der Waals surface area contributed by atoms with E-state index in [4.69, 9.17) is 10.5 Å². The van der Waals surface area contributed by atoms with Gasteiger partial charge in [-0.2, -0.15) is 0 Å².